The van der Waals surface area contributed by atoms with Crippen molar-refractivity contribution in [3.63, 3.8) is 0 Å². The summed E-state index contributed by atoms with van der Waals surface area (Å²) < 4.78 is 28.4. The van der Waals surface area contributed by atoms with Crippen molar-refractivity contribution in [3.05, 3.63) is 63.6 Å². The Morgan fingerprint density at radius 3 is 2.70 bits per heavy atom. The smallest absolute Gasteiger partial charge is 0.242 e. The van der Waals surface area contributed by atoms with E-state index in [-0.39, 0.29) is 6.04 Å². The molecule has 1 amide bonds. The highest BCUT2D eigenvalue weighted by Gasteiger charge is 2.29. The van der Waals surface area contributed by atoms with Crippen molar-refractivity contribution >= 4 is 33.6 Å². The number of nitrogens with two attached hydrogens (primary N) is 1. The molecule has 1 aliphatic heterocycles. The Labute approximate surface area is 144 Å². The Bertz CT molecular complexity index is 751. The quantitative estimate of drug-likeness (QED) is 0.828. The van der Waals surface area contributed by atoms with E-state index in [0.717, 1.165) is 27.1 Å². The predicted octanol–water partition coefficient (Wildman–Crippen LogP) is 3.69. The van der Waals surface area contributed by atoms with Crippen molar-refractivity contribution in [1.29, 1.82) is 0 Å². The first-order chi connectivity index (χ1) is 11.0. The van der Waals surface area contributed by atoms with Gasteiger partial charge in [-0.3, -0.25) is 4.79 Å². The number of nitrogens with one attached hydrogen (secondary N) is 1. The first-order valence-corrected chi connectivity index (χ1v) is 8.67. The van der Waals surface area contributed by atoms with Crippen molar-refractivity contribution in [2.75, 3.05) is 5.75 Å². The van der Waals surface area contributed by atoms with Crippen LogP contribution in [0.1, 0.15) is 23.2 Å². The average molecular weight is 399 g/mol. The molecule has 3 rings (SSSR count). The highest BCUT2D eigenvalue weighted by Crippen LogP contribution is 2.39. The predicted molar refractivity (Wildman–Crippen MR) is 89.0 cm³/mol. The van der Waals surface area contributed by atoms with Gasteiger partial charge in [0.15, 0.2) is 0 Å². The number of fused-ring (bicyclic) bond motifs is 1. The molecule has 1 aliphatic rings. The molecule has 23 heavy (non-hydrogen) atoms. The van der Waals surface area contributed by atoms with E-state index < -0.39 is 29.1 Å². The first-order valence-electron chi connectivity index (χ1n) is 6.89. The number of hydrogen-bond acceptors (Lipinski definition) is 3. The van der Waals surface area contributed by atoms with Gasteiger partial charge in [-0.2, -0.15) is 0 Å². The molecule has 0 fully saturated rings. The van der Waals surface area contributed by atoms with E-state index in [0.29, 0.717) is 5.75 Å². The number of halogens is 3. The molecule has 0 bridgehead atoms. The van der Waals surface area contributed by atoms with Crippen LogP contribution in [0.15, 0.2) is 45.8 Å². The van der Waals surface area contributed by atoms with Crippen molar-refractivity contribution in [1.82, 2.24) is 5.32 Å². The number of amides is 1. The van der Waals surface area contributed by atoms with Crippen molar-refractivity contribution in [3.8, 4) is 0 Å². The molecule has 120 valence electrons. The van der Waals surface area contributed by atoms with Gasteiger partial charge in [0.25, 0.3) is 0 Å². The van der Waals surface area contributed by atoms with Crippen molar-refractivity contribution in [2.24, 2.45) is 5.73 Å². The van der Waals surface area contributed by atoms with Crippen LogP contribution >= 0.6 is 27.7 Å². The van der Waals surface area contributed by atoms with E-state index in [1.165, 1.54) is 6.07 Å². The molecule has 2 aromatic rings. The second kappa shape index (κ2) is 6.59. The summed E-state index contributed by atoms with van der Waals surface area (Å²) in [6, 6.07) is 7.60. The summed E-state index contributed by atoms with van der Waals surface area (Å²) in [6.45, 7) is 0. The lowest BCUT2D eigenvalue weighted by Gasteiger charge is -2.18. The minimum Gasteiger partial charge on any atom is -0.347 e. The maximum atomic E-state index is 13.8. The van der Waals surface area contributed by atoms with Crippen molar-refractivity contribution < 1.29 is 13.6 Å². The molecule has 0 aliphatic carbocycles. The molecule has 2 aromatic carbocycles. The number of benzene rings is 2. The number of hydrogen-bond donors (Lipinski definition) is 2. The lowest BCUT2D eigenvalue weighted by Crippen LogP contribution is -2.37. The fraction of sp³-hybridized carbons (Fsp3) is 0.188. The third-order valence-electron chi connectivity index (χ3n) is 3.66. The highest BCUT2D eigenvalue weighted by atomic mass is 79.9. The van der Waals surface area contributed by atoms with Crippen LogP contribution in [0, 0.1) is 11.6 Å². The Hall–Kier alpha value is -1.44. The Balaban J connectivity index is 1.80. The first kappa shape index (κ1) is 16.4. The zero-order valence-electron chi connectivity index (χ0n) is 11.9. The zero-order valence-corrected chi connectivity index (χ0v) is 14.3. The van der Waals surface area contributed by atoms with Crippen LogP contribution in [0.4, 0.5) is 8.78 Å². The van der Waals surface area contributed by atoms with Gasteiger partial charge in [-0.15, -0.1) is 11.8 Å². The molecule has 0 aromatic heterocycles. The summed E-state index contributed by atoms with van der Waals surface area (Å²) in [7, 11) is 0. The summed E-state index contributed by atoms with van der Waals surface area (Å²) in [4.78, 5) is 13.4. The van der Waals surface area contributed by atoms with E-state index in [1.54, 1.807) is 11.8 Å². The average Bonchev–Trinajstić information content (AvgIpc) is 2.89. The monoisotopic (exact) mass is 398 g/mol. The molecular formula is C16H13BrF2N2OS. The fourth-order valence-electron chi connectivity index (χ4n) is 2.51. The third kappa shape index (κ3) is 3.27. The van der Waals surface area contributed by atoms with Crippen LogP contribution < -0.4 is 11.1 Å². The summed E-state index contributed by atoms with van der Waals surface area (Å²) in [6.07, 6.45) is 0. The van der Waals surface area contributed by atoms with Crippen LogP contribution in [0.2, 0.25) is 0 Å². The number of carbonyl (C=O) groups is 1. The maximum Gasteiger partial charge on any atom is 0.242 e. The van der Waals surface area contributed by atoms with Crippen LogP contribution in [0.25, 0.3) is 0 Å². The lowest BCUT2D eigenvalue weighted by atomic mass is 10.0. The van der Waals surface area contributed by atoms with Gasteiger partial charge in [0.05, 0.1) is 6.04 Å². The molecule has 3 nitrogen and oxygen atoms in total. The summed E-state index contributed by atoms with van der Waals surface area (Å²) in [5, 5.41) is 2.78. The number of carbonyl (C=O) groups excluding carboxylic acids is 1. The zero-order chi connectivity index (χ0) is 16.6. The fourth-order valence-corrected chi connectivity index (χ4v) is 4.03. The molecule has 0 spiro atoms. The van der Waals surface area contributed by atoms with Crippen LogP contribution in [-0.4, -0.2) is 11.7 Å². The highest BCUT2D eigenvalue weighted by molar-refractivity contribution is 9.10. The van der Waals surface area contributed by atoms with Gasteiger partial charge >= 0.3 is 0 Å². The molecule has 0 radical (unpaired) electrons. The molecule has 2 atom stereocenters. The van der Waals surface area contributed by atoms with Gasteiger partial charge < -0.3 is 11.1 Å². The summed E-state index contributed by atoms with van der Waals surface area (Å²) in [5.41, 5.74) is 6.32. The van der Waals surface area contributed by atoms with Gasteiger partial charge in [-0.1, -0.05) is 22.0 Å². The van der Waals surface area contributed by atoms with E-state index in [9.17, 15) is 13.6 Å². The summed E-state index contributed by atoms with van der Waals surface area (Å²) >= 11 is 5.01. The SMILES string of the molecule is NC(C(=O)NC1CSc2ccc(Br)cc21)c1c(F)cccc1F. The van der Waals surface area contributed by atoms with Gasteiger partial charge in [0.2, 0.25) is 5.91 Å². The normalized spacial score (nSPS) is 17.7. The molecule has 0 saturated carbocycles. The Morgan fingerprint density at radius 1 is 1.30 bits per heavy atom. The lowest BCUT2D eigenvalue weighted by molar-refractivity contribution is -0.123. The Kier molecular flexibility index (Phi) is 4.70. The molecular weight excluding hydrogens is 386 g/mol. The standard InChI is InChI=1S/C16H13BrF2N2OS/c17-8-4-5-13-9(6-8)12(7-23-13)21-16(22)15(20)14-10(18)2-1-3-11(14)19/h1-6,12,15H,7,20H2,(H,21,22). The number of rotatable bonds is 3. The van der Waals surface area contributed by atoms with E-state index in [4.69, 9.17) is 5.73 Å². The molecule has 3 N–H and O–H groups in total. The van der Waals surface area contributed by atoms with E-state index in [2.05, 4.69) is 21.2 Å². The van der Waals surface area contributed by atoms with Crippen LogP contribution in [0.5, 0.6) is 0 Å². The Morgan fingerprint density at radius 2 is 2.00 bits per heavy atom. The molecule has 0 saturated heterocycles. The van der Waals surface area contributed by atoms with E-state index >= 15 is 0 Å². The summed E-state index contributed by atoms with van der Waals surface area (Å²) in [5.74, 6) is -1.59. The van der Waals surface area contributed by atoms with Gasteiger partial charge in [-0.05, 0) is 35.9 Å². The maximum absolute atomic E-state index is 13.8. The molecule has 1 heterocycles. The molecule has 7 heteroatoms. The number of thioether (sulfide) groups is 1. The van der Waals surface area contributed by atoms with Crippen LogP contribution in [-0.2, 0) is 4.79 Å². The van der Waals surface area contributed by atoms with Gasteiger partial charge in [-0.25, -0.2) is 8.78 Å². The third-order valence-corrected chi connectivity index (χ3v) is 5.34. The second-order valence-electron chi connectivity index (χ2n) is 5.17. The van der Waals surface area contributed by atoms with Gasteiger partial charge in [0, 0.05) is 20.7 Å². The molecule has 2 unspecified atom stereocenters. The second-order valence-corrected chi connectivity index (χ2v) is 7.14. The van der Waals surface area contributed by atoms with Gasteiger partial charge in [0.1, 0.15) is 17.7 Å². The van der Waals surface area contributed by atoms with E-state index in [1.807, 2.05) is 18.2 Å². The topological polar surface area (TPSA) is 55.1 Å². The minimum absolute atomic E-state index is 0.235. The van der Waals surface area contributed by atoms with Crippen LogP contribution in [0.3, 0.4) is 0 Å². The minimum atomic E-state index is -1.39. The largest absolute Gasteiger partial charge is 0.347 e. The van der Waals surface area contributed by atoms with Crippen molar-refractivity contribution in [2.45, 2.75) is 17.0 Å².